The standard InChI is InChI=1S/C17H27N3/c1-17(2,3)14-5-6-16-15(11-14)13(7-9-19)12-20(16)10-4-8-18/h5-6,11-12H,4,7-10,18-19H2,1-3H3. The molecule has 20 heavy (non-hydrogen) atoms. The van der Waals surface area contributed by atoms with Crippen LogP contribution < -0.4 is 11.5 Å². The highest BCUT2D eigenvalue weighted by molar-refractivity contribution is 5.85. The maximum Gasteiger partial charge on any atom is 0.0483 e. The molecule has 0 saturated carbocycles. The van der Waals surface area contributed by atoms with E-state index in [4.69, 9.17) is 11.5 Å². The highest BCUT2D eigenvalue weighted by atomic mass is 15.0. The maximum absolute atomic E-state index is 5.76. The predicted molar refractivity (Wildman–Crippen MR) is 87.1 cm³/mol. The van der Waals surface area contributed by atoms with E-state index in [1.807, 2.05) is 0 Å². The second-order valence-corrected chi connectivity index (χ2v) is 6.51. The lowest BCUT2D eigenvalue weighted by atomic mass is 9.86. The van der Waals surface area contributed by atoms with Gasteiger partial charge in [-0.15, -0.1) is 0 Å². The summed E-state index contributed by atoms with van der Waals surface area (Å²) in [5, 5.41) is 1.35. The van der Waals surface area contributed by atoms with Crippen molar-refractivity contribution in [1.82, 2.24) is 4.57 Å². The molecule has 0 atom stereocenters. The molecule has 1 aromatic heterocycles. The molecule has 0 saturated heterocycles. The van der Waals surface area contributed by atoms with Crippen molar-refractivity contribution in [2.45, 2.75) is 45.6 Å². The van der Waals surface area contributed by atoms with Crippen LogP contribution >= 0.6 is 0 Å². The quantitative estimate of drug-likeness (QED) is 0.880. The number of aryl methyl sites for hydroxylation is 1. The second-order valence-electron chi connectivity index (χ2n) is 6.51. The number of hydrogen-bond acceptors (Lipinski definition) is 2. The first-order chi connectivity index (χ1) is 9.47. The van der Waals surface area contributed by atoms with Crippen LogP contribution in [-0.4, -0.2) is 17.7 Å². The molecule has 3 nitrogen and oxygen atoms in total. The fraction of sp³-hybridized carbons (Fsp3) is 0.529. The van der Waals surface area contributed by atoms with E-state index < -0.39 is 0 Å². The van der Waals surface area contributed by atoms with Crippen molar-refractivity contribution >= 4 is 10.9 Å². The Morgan fingerprint density at radius 3 is 2.45 bits per heavy atom. The lowest BCUT2D eigenvalue weighted by Gasteiger charge is -2.19. The number of aromatic nitrogens is 1. The summed E-state index contributed by atoms with van der Waals surface area (Å²) >= 11 is 0. The van der Waals surface area contributed by atoms with E-state index in [-0.39, 0.29) is 5.41 Å². The molecule has 0 aliphatic heterocycles. The summed E-state index contributed by atoms with van der Waals surface area (Å²) in [6, 6.07) is 6.82. The minimum Gasteiger partial charge on any atom is -0.347 e. The van der Waals surface area contributed by atoms with Gasteiger partial charge in [0.15, 0.2) is 0 Å². The highest BCUT2D eigenvalue weighted by Gasteiger charge is 2.16. The third-order valence-electron chi connectivity index (χ3n) is 3.85. The Hall–Kier alpha value is -1.32. The van der Waals surface area contributed by atoms with Gasteiger partial charge in [0.05, 0.1) is 0 Å². The second kappa shape index (κ2) is 5.98. The summed E-state index contributed by atoms with van der Waals surface area (Å²) in [4.78, 5) is 0. The van der Waals surface area contributed by atoms with Crippen LogP contribution in [0.3, 0.4) is 0 Å². The van der Waals surface area contributed by atoms with Crippen LogP contribution in [-0.2, 0) is 18.4 Å². The van der Waals surface area contributed by atoms with E-state index in [1.54, 1.807) is 0 Å². The smallest absolute Gasteiger partial charge is 0.0483 e. The SMILES string of the molecule is CC(C)(C)c1ccc2c(c1)c(CCN)cn2CCCN. The Morgan fingerprint density at radius 2 is 1.85 bits per heavy atom. The number of nitrogens with two attached hydrogens (primary N) is 2. The minimum atomic E-state index is 0.174. The Labute approximate surface area is 121 Å². The third-order valence-corrected chi connectivity index (χ3v) is 3.85. The minimum absolute atomic E-state index is 0.174. The molecule has 110 valence electrons. The first-order valence-electron chi connectivity index (χ1n) is 7.49. The van der Waals surface area contributed by atoms with E-state index in [0.29, 0.717) is 6.54 Å². The zero-order valence-corrected chi connectivity index (χ0v) is 12.9. The zero-order valence-electron chi connectivity index (χ0n) is 12.9. The molecule has 4 N–H and O–H groups in total. The van der Waals surface area contributed by atoms with Crippen LogP contribution in [0.1, 0.15) is 38.3 Å². The van der Waals surface area contributed by atoms with Crippen LogP contribution in [0.25, 0.3) is 10.9 Å². The highest BCUT2D eigenvalue weighted by Crippen LogP contribution is 2.29. The van der Waals surface area contributed by atoms with Gasteiger partial charge < -0.3 is 16.0 Å². The molecule has 2 rings (SSSR count). The van der Waals surface area contributed by atoms with E-state index in [0.717, 1.165) is 25.9 Å². The van der Waals surface area contributed by atoms with Gasteiger partial charge in [-0.25, -0.2) is 0 Å². The number of hydrogen-bond donors (Lipinski definition) is 2. The summed E-state index contributed by atoms with van der Waals surface area (Å²) in [5.41, 5.74) is 15.6. The molecule has 0 spiro atoms. The molecule has 1 aromatic carbocycles. The predicted octanol–water partition coefficient (Wildman–Crippen LogP) is 2.79. The normalized spacial score (nSPS) is 12.2. The van der Waals surface area contributed by atoms with Gasteiger partial charge in [-0.2, -0.15) is 0 Å². The summed E-state index contributed by atoms with van der Waals surface area (Å²) in [6.07, 6.45) is 4.19. The van der Waals surface area contributed by atoms with Gasteiger partial charge in [0, 0.05) is 23.6 Å². The Bertz CT molecular complexity index is 576. The van der Waals surface area contributed by atoms with Crippen molar-refractivity contribution in [1.29, 1.82) is 0 Å². The lowest BCUT2D eigenvalue weighted by molar-refractivity contribution is 0.591. The fourth-order valence-corrected chi connectivity index (χ4v) is 2.64. The molecule has 0 fully saturated rings. The van der Waals surface area contributed by atoms with Gasteiger partial charge in [0.2, 0.25) is 0 Å². The van der Waals surface area contributed by atoms with Crippen molar-refractivity contribution in [3.05, 3.63) is 35.5 Å². The van der Waals surface area contributed by atoms with Gasteiger partial charge in [-0.1, -0.05) is 26.8 Å². The molecule has 1 heterocycles. The van der Waals surface area contributed by atoms with Crippen LogP contribution in [0.4, 0.5) is 0 Å². The molecule has 3 heteroatoms. The Morgan fingerprint density at radius 1 is 1.10 bits per heavy atom. The molecule has 0 bridgehead atoms. The molecule has 0 aliphatic carbocycles. The van der Waals surface area contributed by atoms with Crippen molar-refractivity contribution in [3.8, 4) is 0 Å². The first kappa shape index (κ1) is 15.1. The Kier molecular flexibility index (Phi) is 4.51. The van der Waals surface area contributed by atoms with Crippen molar-refractivity contribution < 1.29 is 0 Å². The fourth-order valence-electron chi connectivity index (χ4n) is 2.64. The maximum atomic E-state index is 5.76. The molecule has 0 aliphatic rings. The average molecular weight is 273 g/mol. The van der Waals surface area contributed by atoms with Gasteiger partial charge in [0.1, 0.15) is 0 Å². The van der Waals surface area contributed by atoms with Crippen molar-refractivity contribution in [3.63, 3.8) is 0 Å². The monoisotopic (exact) mass is 273 g/mol. The molecule has 0 amide bonds. The molecule has 0 unspecified atom stereocenters. The van der Waals surface area contributed by atoms with Gasteiger partial charge in [0.25, 0.3) is 0 Å². The van der Waals surface area contributed by atoms with Crippen LogP contribution in [0.2, 0.25) is 0 Å². The van der Waals surface area contributed by atoms with Gasteiger partial charge >= 0.3 is 0 Å². The van der Waals surface area contributed by atoms with Crippen molar-refractivity contribution in [2.75, 3.05) is 13.1 Å². The molecule has 2 aromatic rings. The zero-order chi connectivity index (χ0) is 14.8. The van der Waals surface area contributed by atoms with E-state index in [9.17, 15) is 0 Å². The first-order valence-corrected chi connectivity index (χ1v) is 7.49. The molecular weight excluding hydrogens is 246 g/mol. The van der Waals surface area contributed by atoms with E-state index >= 15 is 0 Å². The summed E-state index contributed by atoms with van der Waals surface area (Å²) < 4.78 is 2.32. The number of nitrogens with zero attached hydrogens (tertiary/aromatic N) is 1. The van der Waals surface area contributed by atoms with Crippen LogP contribution in [0.5, 0.6) is 0 Å². The average Bonchev–Trinajstić information content (AvgIpc) is 2.74. The van der Waals surface area contributed by atoms with E-state index in [2.05, 4.69) is 49.7 Å². The number of rotatable bonds is 5. The number of benzene rings is 1. The lowest BCUT2D eigenvalue weighted by Crippen LogP contribution is -2.11. The molecule has 0 radical (unpaired) electrons. The number of fused-ring (bicyclic) bond motifs is 1. The Balaban J connectivity index is 2.51. The van der Waals surface area contributed by atoms with Crippen molar-refractivity contribution in [2.24, 2.45) is 11.5 Å². The largest absolute Gasteiger partial charge is 0.347 e. The summed E-state index contributed by atoms with van der Waals surface area (Å²) in [7, 11) is 0. The summed E-state index contributed by atoms with van der Waals surface area (Å²) in [6.45, 7) is 9.15. The molecular formula is C17H27N3. The van der Waals surface area contributed by atoms with E-state index in [1.165, 1.54) is 22.0 Å². The summed E-state index contributed by atoms with van der Waals surface area (Å²) in [5.74, 6) is 0. The van der Waals surface area contributed by atoms with Gasteiger partial charge in [-0.3, -0.25) is 0 Å². The third kappa shape index (κ3) is 3.05. The van der Waals surface area contributed by atoms with Crippen LogP contribution in [0.15, 0.2) is 24.4 Å². The van der Waals surface area contributed by atoms with Crippen LogP contribution in [0, 0.1) is 0 Å². The topological polar surface area (TPSA) is 57.0 Å². The van der Waals surface area contributed by atoms with Gasteiger partial charge in [-0.05, 0) is 54.6 Å².